The Morgan fingerprint density at radius 2 is 1.87 bits per heavy atom. The Bertz CT molecular complexity index is 635. The van der Waals surface area contributed by atoms with Crippen molar-refractivity contribution in [3.8, 4) is 0 Å². The van der Waals surface area contributed by atoms with Crippen LogP contribution in [0.2, 0.25) is 0 Å². The minimum Gasteiger partial charge on any atom is -0.393 e. The van der Waals surface area contributed by atoms with E-state index in [1.807, 2.05) is 20.8 Å². The highest BCUT2D eigenvalue weighted by Gasteiger charge is 2.58. The third-order valence-electron chi connectivity index (χ3n) is 9.95. The van der Waals surface area contributed by atoms with Crippen LogP contribution in [0.3, 0.4) is 0 Å². The van der Waals surface area contributed by atoms with E-state index in [-0.39, 0.29) is 6.10 Å². The number of aliphatic hydroxyl groups is 2. The first-order valence-corrected chi connectivity index (χ1v) is 12.9. The lowest BCUT2D eigenvalue weighted by Crippen LogP contribution is -2.50. The quantitative estimate of drug-likeness (QED) is 0.471. The van der Waals surface area contributed by atoms with Crippen molar-refractivity contribution in [1.82, 2.24) is 0 Å². The summed E-state index contributed by atoms with van der Waals surface area (Å²) in [7, 11) is 0. The fourth-order valence-electron chi connectivity index (χ4n) is 8.03. The van der Waals surface area contributed by atoms with Crippen molar-refractivity contribution in [1.29, 1.82) is 0 Å². The van der Waals surface area contributed by atoms with E-state index in [0.717, 1.165) is 49.4 Å². The standard InChI is InChI=1S/C26H42O2.C2H6/c1-5-24(2,28)14-6-7-18-9-11-22-21-10-8-19-17-20(27)12-15-26(19,4)23(21)13-16-25(18,22)3;1-2/h5,8,18,20-23,27-28H,1,6-7,9-17H2,2-4H3;1-2H3/t18-,20?,21-,22?,23?,24-,25?,26?;/m0./s1. The van der Waals surface area contributed by atoms with Crippen molar-refractivity contribution >= 4 is 0 Å². The lowest BCUT2D eigenvalue weighted by Gasteiger charge is -2.58. The molecule has 4 aliphatic carbocycles. The molecular formula is C28H48O2. The Hall–Kier alpha value is -0.600. The third kappa shape index (κ3) is 4.20. The minimum absolute atomic E-state index is 0.103. The molecular weight excluding hydrogens is 368 g/mol. The molecule has 8 atom stereocenters. The van der Waals surface area contributed by atoms with Crippen molar-refractivity contribution in [2.75, 3.05) is 0 Å². The highest BCUT2D eigenvalue weighted by Crippen LogP contribution is 2.66. The topological polar surface area (TPSA) is 40.5 Å². The molecule has 0 heterocycles. The number of hydrogen-bond acceptors (Lipinski definition) is 2. The summed E-state index contributed by atoms with van der Waals surface area (Å²) in [6, 6.07) is 0. The van der Waals surface area contributed by atoms with Crippen molar-refractivity contribution < 1.29 is 10.2 Å². The highest BCUT2D eigenvalue weighted by atomic mass is 16.3. The zero-order valence-corrected chi connectivity index (χ0v) is 20.4. The molecule has 4 aliphatic rings. The molecule has 3 fully saturated rings. The largest absolute Gasteiger partial charge is 0.393 e. The molecule has 0 aromatic carbocycles. The molecule has 0 saturated heterocycles. The van der Waals surface area contributed by atoms with E-state index >= 15 is 0 Å². The molecule has 172 valence electrons. The van der Waals surface area contributed by atoms with Gasteiger partial charge in [-0.1, -0.05) is 45.4 Å². The second-order valence-electron chi connectivity index (χ2n) is 11.4. The molecule has 0 aromatic heterocycles. The number of fused-ring (bicyclic) bond motifs is 5. The van der Waals surface area contributed by atoms with Crippen molar-refractivity contribution in [2.45, 2.75) is 117 Å². The first-order chi connectivity index (χ1) is 14.2. The van der Waals surface area contributed by atoms with E-state index in [4.69, 9.17) is 0 Å². The van der Waals surface area contributed by atoms with E-state index < -0.39 is 5.60 Å². The Morgan fingerprint density at radius 3 is 2.57 bits per heavy atom. The van der Waals surface area contributed by atoms with Crippen LogP contribution in [0.4, 0.5) is 0 Å². The van der Waals surface area contributed by atoms with Crippen LogP contribution >= 0.6 is 0 Å². The van der Waals surface area contributed by atoms with Gasteiger partial charge in [0.15, 0.2) is 0 Å². The van der Waals surface area contributed by atoms with E-state index in [1.165, 1.54) is 44.9 Å². The van der Waals surface area contributed by atoms with Gasteiger partial charge in [-0.15, -0.1) is 6.58 Å². The van der Waals surface area contributed by atoms with Gasteiger partial charge in [0.25, 0.3) is 0 Å². The Kier molecular flexibility index (Phi) is 7.30. The van der Waals surface area contributed by atoms with Gasteiger partial charge in [0, 0.05) is 0 Å². The van der Waals surface area contributed by atoms with Crippen molar-refractivity contribution in [2.24, 2.45) is 34.5 Å². The van der Waals surface area contributed by atoms with E-state index in [1.54, 1.807) is 11.6 Å². The average Bonchev–Trinajstić information content (AvgIpc) is 3.06. The molecule has 2 N–H and O–H groups in total. The van der Waals surface area contributed by atoms with Gasteiger partial charge in [0.05, 0.1) is 11.7 Å². The lowest BCUT2D eigenvalue weighted by molar-refractivity contribution is -0.0513. The second-order valence-corrected chi connectivity index (χ2v) is 11.4. The molecule has 0 radical (unpaired) electrons. The number of aliphatic hydroxyl groups excluding tert-OH is 1. The zero-order chi connectivity index (χ0) is 22.2. The van der Waals surface area contributed by atoms with Crippen LogP contribution < -0.4 is 0 Å². The Morgan fingerprint density at radius 1 is 1.13 bits per heavy atom. The van der Waals surface area contributed by atoms with Gasteiger partial charge in [-0.3, -0.25) is 0 Å². The maximum Gasteiger partial charge on any atom is 0.0797 e. The summed E-state index contributed by atoms with van der Waals surface area (Å²) in [4.78, 5) is 0. The second kappa shape index (κ2) is 9.10. The molecule has 2 heteroatoms. The molecule has 30 heavy (non-hydrogen) atoms. The monoisotopic (exact) mass is 416 g/mol. The van der Waals surface area contributed by atoms with E-state index in [0.29, 0.717) is 10.8 Å². The smallest absolute Gasteiger partial charge is 0.0797 e. The molecule has 0 spiro atoms. The van der Waals surface area contributed by atoms with Gasteiger partial charge in [-0.2, -0.15) is 0 Å². The van der Waals surface area contributed by atoms with Gasteiger partial charge in [-0.25, -0.2) is 0 Å². The van der Waals surface area contributed by atoms with Crippen LogP contribution in [0.5, 0.6) is 0 Å². The van der Waals surface area contributed by atoms with Gasteiger partial charge in [0.1, 0.15) is 0 Å². The van der Waals surface area contributed by atoms with Gasteiger partial charge in [-0.05, 0) is 112 Å². The molecule has 5 unspecified atom stereocenters. The van der Waals surface area contributed by atoms with Gasteiger partial charge < -0.3 is 10.2 Å². The molecule has 4 rings (SSSR count). The van der Waals surface area contributed by atoms with E-state index in [9.17, 15) is 10.2 Å². The molecule has 2 nitrogen and oxygen atoms in total. The maximum absolute atomic E-state index is 10.3. The maximum atomic E-state index is 10.3. The lowest BCUT2D eigenvalue weighted by atomic mass is 9.47. The van der Waals surface area contributed by atoms with E-state index in [2.05, 4.69) is 26.5 Å². The summed E-state index contributed by atoms with van der Waals surface area (Å²) in [5.41, 5.74) is 1.72. The van der Waals surface area contributed by atoms with Gasteiger partial charge >= 0.3 is 0 Å². The van der Waals surface area contributed by atoms with Crippen LogP contribution in [0.1, 0.15) is 105 Å². The predicted molar refractivity (Wildman–Crippen MR) is 127 cm³/mol. The van der Waals surface area contributed by atoms with Crippen LogP contribution in [0.15, 0.2) is 24.3 Å². The van der Waals surface area contributed by atoms with Crippen LogP contribution in [0.25, 0.3) is 0 Å². The zero-order valence-electron chi connectivity index (χ0n) is 20.4. The fourth-order valence-corrected chi connectivity index (χ4v) is 8.03. The Balaban J connectivity index is 0.00000124. The molecule has 3 saturated carbocycles. The first-order valence-electron chi connectivity index (χ1n) is 12.9. The SMILES string of the molecule is C=C[C@](C)(O)CCC[C@H]1CCC2[C@@H]3CC=C4CC(O)CCC4(C)C3CCC21C.CC. The summed E-state index contributed by atoms with van der Waals surface area (Å²) in [6.45, 7) is 14.8. The number of hydrogen-bond donors (Lipinski definition) is 2. The minimum atomic E-state index is -0.707. The summed E-state index contributed by atoms with van der Waals surface area (Å²) in [5.74, 6) is 3.38. The van der Waals surface area contributed by atoms with Crippen LogP contribution in [0, 0.1) is 34.5 Å². The predicted octanol–water partition coefficient (Wildman–Crippen LogP) is 7.06. The summed E-state index contributed by atoms with van der Waals surface area (Å²) in [6.07, 6.45) is 17.3. The van der Waals surface area contributed by atoms with Crippen LogP contribution in [-0.4, -0.2) is 21.9 Å². The third-order valence-corrected chi connectivity index (χ3v) is 9.95. The van der Waals surface area contributed by atoms with Crippen molar-refractivity contribution in [3.63, 3.8) is 0 Å². The summed E-state index contributed by atoms with van der Waals surface area (Å²) in [5, 5.41) is 20.4. The molecule has 0 amide bonds. The molecule has 0 bridgehead atoms. The fraction of sp³-hybridized carbons (Fsp3) is 0.857. The average molecular weight is 417 g/mol. The first kappa shape index (κ1) is 24.1. The summed E-state index contributed by atoms with van der Waals surface area (Å²) >= 11 is 0. The van der Waals surface area contributed by atoms with Gasteiger partial charge in [0.2, 0.25) is 0 Å². The van der Waals surface area contributed by atoms with Crippen molar-refractivity contribution in [3.05, 3.63) is 24.3 Å². The normalized spacial score (nSPS) is 44.4. The molecule has 0 aromatic rings. The van der Waals surface area contributed by atoms with Crippen LogP contribution in [-0.2, 0) is 0 Å². The summed E-state index contributed by atoms with van der Waals surface area (Å²) < 4.78 is 0. The number of allylic oxidation sites excluding steroid dienone is 1. The number of rotatable bonds is 5. The highest BCUT2D eigenvalue weighted by molar-refractivity contribution is 5.25. The Labute approximate surface area is 186 Å². The molecule has 0 aliphatic heterocycles.